The van der Waals surface area contributed by atoms with Gasteiger partial charge in [-0.3, -0.25) is 4.79 Å². The summed E-state index contributed by atoms with van der Waals surface area (Å²) in [7, 11) is 0. The molecule has 1 N–H and O–H groups in total. The van der Waals surface area contributed by atoms with Crippen LogP contribution in [0.25, 0.3) is 32.9 Å². The maximum atomic E-state index is 17.3. The Kier molecular flexibility index (Phi) is 7.96. The third-order valence-electron chi connectivity index (χ3n) is 12.9. The predicted octanol–water partition coefficient (Wildman–Crippen LogP) is 8.66. The van der Waals surface area contributed by atoms with Crippen LogP contribution >= 0.6 is 23.2 Å². The molecule has 2 saturated carbocycles. The van der Waals surface area contributed by atoms with Crippen LogP contribution in [0.4, 0.5) is 10.1 Å². The number of anilines is 1. The van der Waals surface area contributed by atoms with Crippen molar-refractivity contribution in [1.82, 2.24) is 19.8 Å². The smallest absolute Gasteiger partial charge is 0.226 e. The molecule has 6 fully saturated rings. The van der Waals surface area contributed by atoms with Crippen LogP contribution < -0.4 is 10.2 Å². The highest BCUT2D eigenvalue weighted by atomic mass is 35.5. The number of nitrogens with zero attached hydrogens (tertiary/aromatic N) is 6. The molecule has 6 aliphatic rings. The number of aryl methyl sites for hydroxylation is 2. The number of piperidine rings is 1. The maximum absolute atomic E-state index is 17.3. The Labute approximate surface area is 323 Å². The lowest BCUT2D eigenvalue weighted by molar-refractivity contribution is -0.135. The lowest BCUT2D eigenvalue weighted by Crippen LogP contribution is -2.45. The summed E-state index contributed by atoms with van der Waals surface area (Å²) in [6.45, 7) is 4.39. The number of rotatable bonds is 7. The molecule has 6 heterocycles. The van der Waals surface area contributed by atoms with E-state index in [1.807, 2.05) is 37.3 Å². The highest BCUT2D eigenvalue weighted by molar-refractivity contribution is 6.43. The first-order valence-corrected chi connectivity index (χ1v) is 19.8. The van der Waals surface area contributed by atoms with Gasteiger partial charge in [-0.15, -0.1) is 0 Å². The van der Waals surface area contributed by atoms with E-state index >= 15 is 4.39 Å². The van der Waals surface area contributed by atoms with Gasteiger partial charge in [0.25, 0.3) is 0 Å². The molecule has 3 aromatic carbocycles. The third kappa shape index (κ3) is 5.09. The molecule has 8 nitrogen and oxygen atoms in total. The molecule has 0 unspecified atom stereocenters. The van der Waals surface area contributed by atoms with E-state index in [9.17, 15) is 15.3 Å². The number of carbonyl (C=O) groups is 1. The van der Waals surface area contributed by atoms with Crippen LogP contribution in [0.2, 0.25) is 10.0 Å². The van der Waals surface area contributed by atoms with Crippen molar-refractivity contribution in [3.63, 3.8) is 0 Å². The molecule has 11 heteroatoms. The van der Waals surface area contributed by atoms with Crippen molar-refractivity contribution in [3.8, 4) is 23.3 Å². The van der Waals surface area contributed by atoms with E-state index in [1.165, 1.54) is 0 Å². The van der Waals surface area contributed by atoms with Gasteiger partial charge in [0.15, 0.2) is 5.82 Å². The van der Waals surface area contributed by atoms with Gasteiger partial charge in [-0.05, 0) is 93.0 Å². The third-order valence-corrected chi connectivity index (χ3v) is 13.7. The Hall–Kier alpha value is -4.67. The zero-order valence-corrected chi connectivity index (χ0v) is 31.3. The fourth-order valence-corrected chi connectivity index (χ4v) is 10.7. The number of hydrogen-bond acceptors (Lipinski definition) is 6. The van der Waals surface area contributed by atoms with Gasteiger partial charge in [0.2, 0.25) is 5.91 Å². The minimum absolute atomic E-state index is 0.0520. The van der Waals surface area contributed by atoms with Crippen LogP contribution in [0, 0.1) is 53.2 Å². The molecule has 5 aromatic rings. The number of halogens is 3. The number of carbonyl (C=O) groups excluding carboxylic acids is 1. The van der Waals surface area contributed by atoms with Crippen molar-refractivity contribution in [1.29, 1.82) is 10.5 Å². The van der Waals surface area contributed by atoms with Crippen molar-refractivity contribution in [2.45, 2.75) is 69.6 Å². The predicted molar refractivity (Wildman–Crippen MR) is 208 cm³/mol. The van der Waals surface area contributed by atoms with Crippen LogP contribution in [0.3, 0.4) is 0 Å². The Morgan fingerprint density at radius 2 is 1.85 bits per heavy atom. The standard InChI is InChI=1S/C43H38Cl2FN7O/c1-22-31-17-35(41-27-14-29(52(41)43(54)24-9-10-24)21-51(20-27)28-11-7-23(18-48)8-12-28)53(40-26-16-34(40)49-19-26)42(31)32-15-25(4-3-13-47)36(38(46)39(32)50-22)30-5-2-6-33(44)37(30)45/h2,5-8,11-12,15,17,24,26-27,29,34,40-41,49H,3-4,9-10,14,16,19-21H2,1H3/t26-,27+,29-,34-,40+,41-/m1/s1. The molecule has 2 aromatic heterocycles. The van der Waals surface area contributed by atoms with Crippen molar-refractivity contribution in [3.05, 3.63) is 93.0 Å². The molecule has 54 heavy (non-hydrogen) atoms. The number of amides is 1. The van der Waals surface area contributed by atoms with Gasteiger partial charge in [0.05, 0.1) is 51.4 Å². The Morgan fingerprint density at radius 1 is 1.04 bits per heavy atom. The number of benzene rings is 3. The van der Waals surface area contributed by atoms with E-state index in [0.717, 1.165) is 73.3 Å². The highest BCUT2D eigenvalue weighted by Gasteiger charge is 2.55. The van der Waals surface area contributed by atoms with Gasteiger partial charge < -0.3 is 19.7 Å². The maximum Gasteiger partial charge on any atom is 0.226 e. The number of hydrogen-bond donors (Lipinski definition) is 1. The first kappa shape index (κ1) is 33.9. The van der Waals surface area contributed by atoms with E-state index in [2.05, 4.69) is 37.9 Å². The normalized spacial score (nSPS) is 25.6. The molecular formula is C43H38Cl2FN7O. The van der Waals surface area contributed by atoms with Crippen LogP contribution in [0.15, 0.2) is 54.6 Å². The second kappa shape index (κ2) is 12.7. The summed E-state index contributed by atoms with van der Waals surface area (Å²) in [5.41, 5.74) is 6.22. The number of fused-ring (bicyclic) bond motifs is 6. The molecule has 0 spiro atoms. The summed E-state index contributed by atoms with van der Waals surface area (Å²) >= 11 is 13.2. The van der Waals surface area contributed by atoms with E-state index in [0.29, 0.717) is 45.0 Å². The first-order chi connectivity index (χ1) is 26.2. The first-order valence-electron chi connectivity index (χ1n) is 19.0. The molecule has 11 rings (SSSR count). The minimum Gasteiger partial charge on any atom is -0.369 e. The Balaban J connectivity index is 1.20. The van der Waals surface area contributed by atoms with E-state index in [-0.39, 0.29) is 58.9 Å². The second-order valence-corrected chi connectivity index (χ2v) is 16.7. The van der Waals surface area contributed by atoms with E-state index in [1.54, 1.807) is 18.2 Å². The van der Waals surface area contributed by atoms with Crippen LogP contribution in [-0.2, 0) is 11.2 Å². The van der Waals surface area contributed by atoms with Crippen molar-refractivity contribution >= 4 is 56.6 Å². The van der Waals surface area contributed by atoms with Gasteiger partial charge in [-0.2, -0.15) is 10.5 Å². The van der Waals surface area contributed by atoms with Crippen molar-refractivity contribution in [2.75, 3.05) is 24.5 Å². The molecule has 4 saturated heterocycles. The summed E-state index contributed by atoms with van der Waals surface area (Å²) in [6, 6.07) is 22.1. The summed E-state index contributed by atoms with van der Waals surface area (Å²) in [5.74, 6) is 0.429. The number of pyridine rings is 1. The average Bonchev–Trinajstić information content (AvgIpc) is 3.46. The molecule has 4 aliphatic heterocycles. The SMILES string of the molecule is Cc1nc2c(F)c(-c3cccc(Cl)c3Cl)c(CCC#N)cc2c2c1cc([C@H]1[C@H]3C[C@H](CN(c4ccc(C#N)cc4)C3)N1C(=O)C1CC1)n2[C@H]1[C@H]2CN[C@@H]1C2. The zero-order valence-electron chi connectivity index (χ0n) is 29.8. The number of likely N-dealkylation sites (tertiary alicyclic amines) is 1. The van der Waals surface area contributed by atoms with Crippen molar-refractivity contribution < 1.29 is 9.18 Å². The summed E-state index contributed by atoms with van der Waals surface area (Å²) < 4.78 is 19.8. The van der Waals surface area contributed by atoms with E-state index in [4.69, 9.17) is 28.2 Å². The molecule has 272 valence electrons. The molecule has 0 radical (unpaired) electrons. The number of nitrogens with one attached hydrogen (secondary N) is 1. The van der Waals surface area contributed by atoms with Crippen LogP contribution in [0.5, 0.6) is 0 Å². The van der Waals surface area contributed by atoms with Gasteiger partial charge in [0, 0.05) is 82.9 Å². The Morgan fingerprint density at radius 3 is 2.56 bits per heavy atom. The zero-order chi connectivity index (χ0) is 37.0. The van der Waals surface area contributed by atoms with Gasteiger partial charge >= 0.3 is 0 Å². The van der Waals surface area contributed by atoms with Crippen LogP contribution in [0.1, 0.15) is 66.7 Å². The fraction of sp³-hybridized carbons (Fsp3) is 0.395. The average molecular weight is 759 g/mol. The van der Waals surface area contributed by atoms with Gasteiger partial charge in [-0.1, -0.05) is 35.3 Å². The van der Waals surface area contributed by atoms with Gasteiger partial charge in [0.1, 0.15) is 5.52 Å². The summed E-state index contributed by atoms with van der Waals surface area (Å²) in [4.78, 5) is 24.0. The van der Waals surface area contributed by atoms with E-state index < -0.39 is 5.82 Å². The van der Waals surface area contributed by atoms with Crippen molar-refractivity contribution in [2.24, 2.45) is 17.8 Å². The van der Waals surface area contributed by atoms with Gasteiger partial charge in [-0.25, -0.2) is 9.37 Å². The summed E-state index contributed by atoms with van der Waals surface area (Å²) in [5, 5.41) is 25.1. The quantitative estimate of drug-likeness (QED) is 0.178. The molecule has 4 bridgehead atoms. The molecule has 6 atom stereocenters. The largest absolute Gasteiger partial charge is 0.369 e. The number of aromatic nitrogens is 2. The lowest BCUT2D eigenvalue weighted by Gasteiger charge is -2.40. The topological polar surface area (TPSA) is 101 Å². The molecular weight excluding hydrogens is 720 g/mol. The molecule has 1 amide bonds. The lowest BCUT2D eigenvalue weighted by atomic mass is 9.79. The second-order valence-electron chi connectivity index (χ2n) is 16.0. The monoisotopic (exact) mass is 757 g/mol. The molecule has 2 aliphatic carbocycles. The summed E-state index contributed by atoms with van der Waals surface area (Å²) in [6.07, 6.45) is 4.40. The number of nitriles is 2. The minimum atomic E-state index is -0.473. The van der Waals surface area contributed by atoms with Crippen LogP contribution in [-0.4, -0.2) is 52.1 Å². The fourth-order valence-electron chi connectivity index (χ4n) is 10.3. The highest BCUT2D eigenvalue weighted by Crippen LogP contribution is 2.54. The Bertz CT molecular complexity index is 2470.